The second-order valence-electron chi connectivity index (χ2n) is 7.65. The number of nitro groups is 1. The van der Waals surface area contributed by atoms with Gasteiger partial charge in [0.25, 0.3) is 11.6 Å². The summed E-state index contributed by atoms with van der Waals surface area (Å²) in [5.41, 5.74) is -0.912. The minimum atomic E-state index is -1.16. The van der Waals surface area contributed by atoms with E-state index in [0.29, 0.717) is 11.4 Å². The molecule has 0 bridgehead atoms. The Balaban J connectivity index is 1.48. The van der Waals surface area contributed by atoms with E-state index in [0.717, 1.165) is 11.6 Å². The van der Waals surface area contributed by atoms with Crippen LogP contribution in [0.2, 0.25) is 5.02 Å². The van der Waals surface area contributed by atoms with Gasteiger partial charge >= 0.3 is 5.97 Å². The van der Waals surface area contributed by atoms with Gasteiger partial charge < -0.3 is 10.1 Å². The number of fused-ring (bicyclic) bond motifs is 2. The molecule has 10 heteroatoms. The highest BCUT2D eigenvalue weighted by atomic mass is 35.5. The second kappa shape index (κ2) is 9.86. The molecular weight excluding hydrogens is 476 g/mol. The van der Waals surface area contributed by atoms with Crippen LogP contribution in [0.1, 0.15) is 47.8 Å². The van der Waals surface area contributed by atoms with Gasteiger partial charge in [-0.25, -0.2) is 4.79 Å². The molecule has 0 aliphatic heterocycles. The topological polar surface area (TPSA) is 133 Å². The maximum Gasteiger partial charge on any atom is 0.345 e. The Morgan fingerprint density at radius 2 is 1.57 bits per heavy atom. The fourth-order valence-corrected chi connectivity index (χ4v) is 3.91. The van der Waals surface area contributed by atoms with Crippen LogP contribution in [0.3, 0.4) is 0 Å². The van der Waals surface area contributed by atoms with Crippen molar-refractivity contribution in [1.82, 2.24) is 5.32 Å². The van der Waals surface area contributed by atoms with Crippen molar-refractivity contribution >= 4 is 40.7 Å². The molecule has 1 aliphatic rings. The van der Waals surface area contributed by atoms with E-state index in [1.165, 1.54) is 24.3 Å². The van der Waals surface area contributed by atoms with Gasteiger partial charge in [-0.15, -0.1) is 0 Å². The molecule has 9 nitrogen and oxygen atoms in total. The summed E-state index contributed by atoms with van der Waals surface area (Å²) in [6.45, 7) is -0.406. The molecule has 0 spiro atoms. The van der Waals surface area contributed by atoms with Gasteiger partial charge in [0.2, 0.25) is 5.78 Å². The Morgan fingerprint density at radius 1 is 0.914 bits per heavy atom. The van der Waals surface area contributed by atoms with Gasteiger partial charge in [0.15, 0.2) is 12.4 Å². The molecular formula is C25H17ClN2O7. The smallest absolute Gasteiger partial charge is 0.345 e. The summed E-state index contributed by atoms with van der Waals surface area (Å²) in [4.78, 5) is 61.4. The molecule has 3 aromatic rings. The fraction of sp³-hybridized carbons (Fsp3) is 0.120. The number of nitrogens with one attached hydrogen (secondary N) is 1. The third-order valence-electron chi connectivity index (χ3n) is 5.45. The van der Waals surface area contributed by atoms with Gasteiger partial charge in [0, 0.05) is 28.3 Å². The monoisotopic (exact) mass is 492 g/mol. The molecule has 1 N–H and O–H groups in total. The lowest BCUT2D eigenvalue weighted by molar-refractivity contribution is -0.385. The SMILES string of the molecule is O=C(COC(=O)c1ccc2c(c1[N+](=O)[O-])C(=O)c1ccccc1C2=O)NCCc1ccc(Cl)cc1. The van der Waals surface area contributed by atoms with Gasteiger partial charge in [-0.3, -0.25) is 24.5 Å². The van der Waals surface area contributed by atoms with Gasteiger partial charge in [-0.2, -0.15) is 0 Å². The van der Waals surface area contributed by atoms with E-state index < -0.39 is 51.8 Å². The molecule has 1 amide bonds. The molecule has 35 heavy (non-hydrogen) atoms. The molecule has 0 aromatic heterocycles. The third-order valence-corrected chi connectivity index (χ3v) is 5.70. The number of carbonyl (C=O) groups is 4. The fourth-order valence-electron chi connectivity index (χ4n) is 3.78. The first-order chi connectivity index (χ1) is 16.8. The summed E-state index contributed by atoms with van der Waals surface area (Å²) in [6.07, 6.45) is 0.519. The van der Waals surface area contributed by atoms with Crippen LogP contribution in [0.4, 0.5) is 5.69 Å². The Kier molecular flexibility index (Phi) is 6.70. The van der Waals surface area contributed by atoms with Crippen molar-refractivity contribution in [2.75, 3.05) is 13.2 Å². The quantitative estimate of drug-likeness (QED) is 0.237. The Labute approximate surface area is 203 Å². The maximum absolute atomic E-state index is 13.0. The van der Waals surface area contributed by atoms with Gasteiger partial charge in [0.1, 0.15) is 11.1 Å². The van der Waals surface area contributed by atoms with Crippen LogP contribution in [0.25, 0.3) is 0 Å². The Bertz CT molecular complexity index is 1380. The summed E-state index contributed by atoms with van der Waals surface area (Å²) < 4.78 is 4.95. The van der Waals surface area contributed by atoms with E-state index in [9.17, 15) is 29.3 Å². The summed E-state index contributed by atoms with van der Waals surface area (Å²) in [7, 11) is 0. The molecule has 0 unspecified atom stereocenters. The van der Waals surface area contributed by atoms with Crippen molar-refractivity contribution in [3.8, 4) is 0 Å². The lowest BCUT2D eigenvalue weighted by atomic mass is 9.82. The van der Waals surface area contributed by atoms with E-state index in [2.05, 4.69) is 5.32 Å². The van der Waals surface area contributed by atoms with Crippen LogP contribution < -0.4 is 5.32 Å². The van der Waals surface area contributed by atoms with Crippen LogP contribution in [-0.4, -0.2) is 41.5 Å². The number of nitrogens with zero attached hydrogens (tertiary/aromatic N) is 1. The number of hydrogen-bond acceptors (Lipinski definition) is 7. The molecule has 176 valence electrons. The summed E-state index contributed by atoms with van der Waals surface area (Å²) in [5.74, 6) is -3.06. The first-order valence-corrected chi connectivity index (χ1v) is 10.8. The van der Waals surface area contributed by atoms with E-state index in [1.807, 2.05) is 12.1 Å². The zero-order valence-corrected chi connectivity index (χ0v) is 18.8. The van der Waals surface area contributed by atoms with E-state index in [1.54, 1.807) is 18.2 Å². The molecule has 0 saturated carbocycles. The Morgan fingerprint density at radius 3 is 2.23 bits per heavy atom. The van der Waals surface area contributed by atoms with Crippen LogP contribution in [0, 0.1) is 10.1 Å². The maximum atomic E-state index is 13.0. The summed E-state index contributed by atoms with van der Waals surface area (Å²) >= 11 is 5.83. The molecule has 0 atom stereocenters. The van der Waals surface area contributed by atoms with Crippen LogP contribution in [0.15, 0.2) is 60.7 Å². The largest absolute Gasteiger partial charge is 0.452 e. The van der Waals surface area contributed by atoms with Crippen LogP contribution in [-0.2, 0) is 16.0 Å². The molecule has 3 aromatic carbocycles. The van der Waals surface area contributed by atoms with Crippen LogP contribution in [0.5, 0.6) is 0 Å². The number of halogens is 1. The number of esters is 1. The standard InChI is InChI=1S/C25H17ClN2O7/c26-15-7-5-14(6-8-15)11-12-27-20(29)13-35-25(32)19-10-9-18-21(22(19)28(33)34)24(31)17-4-2-1-3-16(17)23(18)30/h1-10H,11-13H2,(H,27,29). The normalized spacial score (nSPS) is 11.9. The van der Waals surface area contributed by atoms with E-state index >= 15 is 0 Å². The number of hydrogen-bond donors (Lipinski definition) is 1. The van der Waals surface area contributed by atoms with Crippen LogP contribution >= 0.6 is 11.6 Å². The second-order valence-corrected chi connectivity index (χ2v) is 8.08. The highest BCUT2D eigenvalue weighted by Gasteiger charge is 2.39. The highest BCUT2D eigenvalue weighted by molar-refractivity contribution is 6.31. The van der Waals surface area contributed by atoms with Crippen molar-refractivity contribution in [2.45, 2.75) is 6.42 Å². The van der Waals surface area contributed by atoms with Gasteiger partial charge in [-0.05, 0) is 36.2 Å². The van der Waals surface area contributed by atoms with Crippen molar-refractivity contribution in [3.63, 3.8) is 0 Å². The molecule has 0 radical (unpaired) electrons. The first kappa shape index (κ1) is 23.8. The number of rotatable bonds is 7. The summed E-state index contributed by atoms with van der Waals surface area (Å²) in [5, 5.41) is 15.0. The lowest BCUT2D eigenvalue weighted by Crippen LogP contribution is -2.30. The molecule has 0 heterocycles. The number of nitro benzene ring substituents is 1. The average Bonchev–Trinajstić information content (AvgIpc) is 2.86. The minimum Gasteiger partial charge on any atom is -0.452 e. The van der Waals surface area contributed by atoms with Crippen molar-refractivity contribution in [3.05, 3.63) is 109 Å². The Hall–Kier alpha value is -4.37. The van der Waals surface area contributed by atoms with Crippen molar-refractivity contribution in [1.29, 1.82) is 0 Å². The highest BCUT2D eigenvalue weighted by Crippen LogP contribution is 2.35. The number of amides is 1. The lowest BCUT2D eigenvalue weighted by Gasteiger charge is -2.18. The van der Waals surface area contributed by atoms with E-state index in [-0.39, 0.29) is 23.2 Å². The molecule has 0 saturated heterocycles. The number of benzene rings is 3. The number of ketones is 2. The molecule has 1 aliphatic carbocycles. The van der Waals surface area contributed by atoms with Gasteiger partial charge in [-0.1, -0.05) is 48.0 Å². The van der Waals surface area contributed by atoms with E-state index in [4.69, 9.17) is 16.3 Å². The predicted molar refractivity (Wildman–Crippen MR) is 125 cm³/mol. The van der Waals surface area contributed by atoms with Crippen molar-refractivity contribution < 1.29 is 28.8 Å². The third kappa shape index (κ3) is 4.80. The molecule has 0 fully saturated rings. The molecule has 4 rings (SSSR count). The van der Waals surface area contributed by atoms with Gasteiger partial charge in [0.05, 0.1) is 4.92 Å². The average molecular weight is 493 g/mol. The zero-order chi connectivity index (χ0) is 25.1. The first-order valence-electron chi connectivity index (χ1n) is 10.5. The minimum absolute atomic E-state index is 0.0127. The predicted octanol–water partition coefficient (Wildman–Crippen LogP) is 3.54. The zero-order valence-electron chi connectivity index (χ0n) is 18.1. The number of carbonyl (C=O) groups excluding carboxylic acids is 4. The summed E-state index contributed by atoms with van der Waals surface area (Å²) in [6, 6.07) is 15.3. The van der Waals surface area contributed by atoms with Crippen molar-refractivity contribution in [2.24, 2.45) is 0 Å². The number of ether oxygens (including phenoxy) is 1.